The first-order valence-electron chi connectivity index (χ1n) is 10.1. The van der Waals surface area contributed by atoms with E-state index >= 15 is 0 Å². The fraction of sp³-hybridized carbons (Fsp3) is 0.850. The molecule has 0 radical (unpaired) electrons. The fourth-order valence-electron chi connectivity index (χ4n) is 2.69. The van der Waals surface area contributed by atoms with Crippen molar-refractivity contribution in [3.63, 3.8) is 0 Å². The molecule has 1 fully saturated rings. The quantitative estimate of drug-likeness (QED) is 0.709. The number of nitrogens with two attached hydrogens (primary N) is 1. The highest BCUT2D eigenvalue weighted by molar-refractivity contribution is 5.89. The van der Waals surface area contributed by atoms with Crippen LogP contribution in [0.25, 0.3) is 0 Å². The van der Waals surface area contributed by atoms with Crippen LogP contribution in [0.5, 0.6) is 0 Å². The summed E-state index contributed by atoms with van der Waals surface area (Å²) in [6.45, 7) is 14.9. The molecule has 0 aromatic rings. The predicted molar refractivity (Wildman–Crippen MR) is 113 cm³/mol. The Hall–Kier alpha value is -1.83. The molecule has 28 heavy (non-hydrogen) atoms. The highest BCUT2D eigenvalue weighted by Crippen LogP contribution is 2.16. The predicted octanol–water partition coefficient (Wildman–Crippen LogP) is 2.22. The second kappa shape index (κ2) is 14.2. The summed E-state index contributed by atoms with van der Waals surface area (Å²) in [5.41, 5.74) is 4.60. The van der Waals surface area contributed by atoms with Crippen molar-refractivity contribution in [1.82, 2.24) is 15.1 Å². The van der Waals surface area contributed by atoms with Crippen LogP contribution in [0.15, 0.2) is 0 Å². The second-order valence-electron chi connectivity index (χ2n) is 8.12. The van der Waals surface area contributed by atoms with Crippen molar-refractivity contribution in [3.8, 4) is 0 Å². The maximum atomic E-state index is 12.0. The van der Waals surface area contributed by atoms with Gasteiger partial charge in [-0.25, -0.2) is 4.79 Å². The largest absolute Gasteiger partial charge is 0.442 e. The molecular weight excluding hydrogens is 360 g/mol. The molecule has 8 nitrogen and oxygen atoms in total. The minimum atomic E-state index is -0.667. The molecule has 0 aliphatic carbocycles. The van der Waals surface area contributed by atoms with Crippen molar-refractivity contribution in [1.29, 1.82) is 0 Å². The molecule has 3 amide bonds. The summed E-state index contributed by atoms with van der Waals surface area (Å²) in [6, 6.07) is -0.574. The van der Waals surface area contributed by atoms with E-state index in [2.05, 4.69) is 26.1 Å². The fourth-order valence-corrected chi connectivity index (χ4v) is 2.69. The average molecular weight is 403 g/mol. The second-order valence-corrected chi connectivity index (χ2v) is 8.12. The third-order valence-electron chi connectivity index (χ3n) is 3.35. The number of carbonyl (C=O) groups excluding carboxylic acids is 3. The number of likely N-dealkylation sites (tertiary alicyclic amines) is 1. The van der Waals surface area contributed by atoms with E-state index in [0.29, 0.717) is 19.5 Å². The van der Waals surface area contributed by atoms with Crippen molar-refractivity contribution in [2.75, 3.05) is 33.7 Å². The van der Waals surface area contributed by atoms with Gasteiger partial charge < -0.3 is 25.6 Å². The number of amides is 3. The van der Waals surface area contributed by atoms with Crippen molar-refractivity contribution in [2.45, 2.75) is 73.0 Å². The molecule has 1 rings (SSSR count). The van der Waals surface area contributed by atoms with Crippen LogP contribution in [-0.4, -0.2) is 73.1 Å². The molecule has 1 atom stereocenters. The van der Waals surface area contributed by atoms with Crippen LogP contribution in [0.1, 0.15) is 61.3 Å². The number of rotatable bonds is 6. The first-order chi connectivity index (χ1) is 12.9. The Kier molecular flexibility index (Phi) is 14.4. The van der Waals surface area contributed by atoms with Gasteiger partial charge in [0.2, 0.25) is 11.8 Å². The van der Waals surface area contributed by atoms with Crippen LogP contribution in [-0.2, 0) is 14.3 Å². The Morgan fingerprint density at radius 2 is 1.71 bits per heavy atom. The molecule has 3 N–H and O–H groups in total. The number of ether oxygens (including phenoxy) is 1. The molecule has 1 saturated heterocycles. The van der Waals surface area contributed by atoms with Gasteiger partial charge in [0.15, 0.2) is 0 Å². The Bertz CT molecular complexity index is 476. The zero-order valence-corrected chi connectivity index (χ0v) is 19.3. The molecule has 0 spiro atoms. The monoisotopic (exact) mass is 402 g/mol. The minimum absolute atomic E-state index is 0.208. The molecular formula is C20H42N4O4. The number of hydrogen-bond acceptors (Lipinski definition) is 5. The summed E-state index contributed by atoms with van der Waals surface area (Å²) < 4.78 is 5.28. The maximum Gasteiger partial charge on any atom is 0.408 e. The first kappa shape index (κ1) is 28.4. The van der Waals surface area contributed by atoms with E-state index in [1.54, 1.807) is 13.8 Å². The van der Waals surface area contributed by atoms with Gasteiger partial charge in [0, 0.05) is 13.1 Å². The van der Waals surface area contributed by atoms with E-state index in [1.807, 2.05) is 32.8 Å². The van der Waals surface area contributed by atoms with E-state index in [0.717, 1.165) is 12.3 Å². The van der Waals surface area contributed by atoms with Crippen LogP contribution in [0.3, 0.4) is 0 Å². The number of hydrogen-bond donors (Lipinski definition) is 2. The molecule has 0 saturated carbocycles. The lowest BCUT2D eigenvalue weighted by Gasteiger charge is -2.28. The van der Waals surface area contributed by atoms with E-state index in [-0.39, 0.29) is 12.5 Å². The van der Waals surface area contributed by atoms with Crippen LogP contribution in [0, 0.1) is 5.92 Å². The van der Waals surface area contributed by atoms with Gasteiger partial charge in [-0.3, -0.25) is 9.59 Å². The van der Waals surface area contributed by atoms with Gasteiger partial charge in [-0.15, -0.1) is 0 Å². The van der Waals surface area contributed by atoms with Crippen LogP contribution in [0.2, 0.25) is 0 Å². The summed E-state index contributed by atoms with van der Waals surface area (Å²) in [4.78, 5) is 38.4. The molecule has 166 valence electrons. The van der Waals surface area contributed by atoms with E-state index in [9.17, 15) is 14.4 Å². The van der Waals surface area contributed by atoms with E-state index in [1.165, 1.54) is 4.90 Å². The number of carbonyl (C=O) groups is 3. The lowest BCUT2D eigenvalue weighted by atomic mass is 10.1. The molecule has 1 heterocycles. The Balaban J connectivity index is 0. The lowest BCUT2D eigenvalue weighted by Crippen LogP contribution is -2.48. The van der Waals surface area contributed by atoms with Crippen LogP contribution < -0.4 is 11.1 Å². The molecule has 1 aliphatic heterocycles. The van der Waals surface area contributed by atoms with Crippen molar-refractivity contribution in [3.05, 3.63) is 0 Å². The van der Waals surface area contributed by atoms with Crippen molar-refractivity contribution in [2.24, 2.45) is 11.7 Å². The first-order valence-corrected chi connectivity index (χ1v) is 10.1. The zero-order chi connectivity index (χ0) is 22.5. The standard InChI is InChI=1S/C14H26N4O4.C4H10.C2H6/c1-14(2,9-17(3)4)22-13(21)16-8-11(19)18-7-5-6-10(18)12(15)20;1-4(2)3;1-2/h10H,5-9H2,1-4H3,(H2,15,20)(H,16,21);4H,1-3H3;1-2H3/t10-;;/m0../s1. The highest BCUT2D eigenvalue weighted by atomic mass is 16.6. The molecule has 0 aromatic heterocycles. The third kappa shape index (κ3) is 13.4. The highest BCUT2D eigenvalue weighted by Gasteiger charge is 2.32. The zero-order valence-electron chi connectivity index (χ0n) is 19.3. The Morgan fingerprint density at radius 1 is 1.21 bits per heavy atom. The minimum Gasteiger partial charge on any atom is -0.442 e. The third-order valence-corrected chi connectivity index (χ3v) is 3.35. The van der Waals surface area contributed by atoms with Crippen LogP contribution >= 0.6 is 0 Å². The molecule has 0 unspecified atom stereocenters. The van der Waals surface area contributed by atoms with Gasteiger partial charge in [-0.2, -0.15) is 0 Å². The van der Waals surface area contributed by atoms with Crippen molar-refractivity contribution < 1.29 is 19.1 Å². The molecule has 0 aromatic carbocycles. The summed E-state index contributed by atoms with van der Waals surface area (Å²) in [6.07, 6.45) is 0.649. The van der Waals surface area contributed by atoms with Gasteiger partial charge in [0.25, 0.3) is 0 Å². The summed E-state index contributed by atoms with van der Waals surface area (Å²) >= 11 is 0. The normalized spacial score (nSPS) is 16.0. The van der Waals surface area contributed by atoms with Gasteiger partial charge >= 0.3 is 6.09 Å². The van der Waals surface area contributed by atoms with Crippen LogP contribution in [0.4, 0.5) is 4.79 Å². The molecule has 1 aliphatic rings. The smallest absolute Gasteiger partial charge is 0.408 e. The SMILES string of the molecule is CC.CC(C)C.CN(C)CC(C)(C)OC(=O)NCC(=O)N1CCC[C@H]1C(N)=O. The number of alkyl carbamates (subject to hydrolysis) is 1. The molecule has 0 bridgehead atoms. The number of likely N-dealkylation sites (N-methyl/N-ethyl adjacent to an activating group) is 1. The number of nitrogens with one attached hydrogen (secondary N) is 1. The Morgan fingerprint density at radius 3 is 2.14 bits per heavy atom. The topological polar surface area (TPSA) is 105 Å². The number of nitrogens with zero attached hydrogens (tertiary/aromatic N) is 2. The summed E-state index contributed by atoms with van der Waals surface area (Å²) in [5.74, 6) is -0.00999. The Labute approximate surface area is 171 Å². The molecule has 8 heteroatoms. The summed E-state index contributed by atoms with van der Waals surface area (Å²) in [7, 11) is 3.76. The average Bonchev–Trinajstić information content (AvgIpc) is 3.02. The summed E-state index contributed by atoms with van der Waals surface area (Å²) in [5, 5.41) is 2.43. The van der Waals surface area contributed by atoms with E-state index < -0.39 is 23.6 Å². The maximum absolute atomic E-state index is 12.0. The van der Waals surface area contributed by atoms with Crippen molar-refractivity contribution >= 4 is 17.9 Å². The van der Waals surface area contributed by atoms with Gasteiger partial charge in [-0.05, 0) is 46.7 Å². The van der Waals surface area contributed by atoms with Gasteiger partial charge in [0.05, 0.1) is 0 Å². The lowest BCUT2D eigenvalue weighted by molar-refractivity contribution is -0.136. The van der Waals surface area contributed by atoms with Gasteiger partial charge in [0.1, 0.15) is 18.2 Å². The number of primary amides is 1. The van der Waals surface area contributed by atoms with E-state index in [4.69, 9.17) is 10.5 Å². The van der Waals surface area contributed by atoms with Gasteiger partial charge in [-0.1, -0.05) is 34.6 Å².